The molecule has 0 radical (unpaired) electrons. The number of aliphatic hydroxyl groups is 2. The Morgan fingerprint density at radius 1 is 1.08 bits per heavy atom. The van der Waals surface area contributed by atoms with Gasteiger partial charge in [-0.1, -0.05) is 55.8 Å². The first-order valence-electron chi connectivity index (χ1n) is 12.4. The minimum atomic E-state index is -1.92. The topological polar surface area (TPSA) is 105 Å². The highest BCUT2D eigenvalue weighted by atomic mass is 35.5. The number of anilines is 1. The summed E-state index contributed by atoms with van der Waals surface area (Å²) in [4.78, 5) is 27.8. The number of nitrogens with zero attached hydrogens (tertiary/aromatic N) is 2. The molecule has 198 valence electrons. The lowest BCUT2D eigenvalue weighted by atomic mass is 9.81. The van der Waals surface area contributed by atoms with E-state index in [2.05, 4.69) is 10.7 Å². The molecule has 2 aliphatic rings. The van der Waals surface area contributed by atoms with E-state index in [0.29, 0.717) is 18.0 Å². The van der Waals surface area contributed by atoms with Gasteiger partial charge in [0.15, 0.2) is 12.2 Å². The zero-order valence-electron chi connectivity index (χ0n) is 21.6. The summed E-state index contributed by atoms with van der Waals surface area (Å²) in [6, 6.07) is 14.4. The number of halogens is 1. The van der Waals surface area contributed by atoms with Crippen LogP contribution < -0.4 is 15.8 Å². The largest absolute Gasteiger partial charge is 0.380 e. The quantitative estimate of drug-likeness (QED) is 0.441. The Kier molecular flexibility index (Phi) is 7.67. The summed E-state index contributed by atoms with van der Waals surface area (Å²) in [6.07, 6.45) is 0.756. The van der Waals surface area contributed by atoms with Crippen molar-refractivity contribution in [1.29, 1.82) is 0 Å². The van der Waals surface area contributed by atoms with Crippen LogP contribution in [0, 0.1) is 5.41 Å². The van der Waals surface area contributed by atoms with Crippen LogP contribution in [-0.4, -0.2) is 52.2 Å². The van der Waals surface area contributed by atoms with E-state index in [0.717, 1.165) is 23.4 Å². The number of hydrazine groups is 1. The van der Waals surface area contributed by atoms with Crippen LogP contribution >= 0.6 is 11.6 Å². The second-order valence-electron chi connectivity index (χ2n) is 10.9. The smallest absolute Gasteiger partial charge is 0.255 e. The number of hydrogen-bond donors (Lipinski definition) is 4. The van der Waals surface area contributed by atoms with E-state index in [1.54, 1.807) is 17.9 Å². The molecule has 2 aromatic carbocycles. The first kappa shape index (κ1) is 27.1. The normalized spacial score (nSPS) is 23.1. The molecule has 9 heteroatoms. The van der Waals surface area contributed by atoms with Crippen molar-refractivity contribution in [3.63, 3.8) is 0 Å². The van der Waals surface area contributed by atoms with Gasteiger partial charge in [0.1, 0.15) is 0 Å². The van der Waals surface area contributed by atoms with Crippen molar-refractivity contribution in [1.82, 2.24) is 15.6 Å². The zero-order valence-corrected chi connectivity index (χ0v) is 22.4. The van der Waals surface area contributed by atoms with E-state index in [9.17, 15) is 19.8 Å². The van der Waals surface area contributed by atoms with Crippen LogP contribution in [0.3, 0.4) is 0 Å². The summed E-state index contributed by atoms with van der Waals surface area (Å²) in [7, 11) is 0. The SMILES string of the molecule is C[C@@H](NC(=O)[C@H](O)[C@@H](O)C(=O)N1CC(C)(C)C[C@]1(C)c1cccc(Cl)c1)c1ccc(N2C=CCN2)cc1. The fourth-order valence-corrected chi connectivity index (χ4v) is 5.56. The first-order chi connectivity index (χ1) is 17.4. The molecular weight excluding hydrogens is 492 g/mol. The van der Waals surface area contributed by atoms with Crippen LogP contribution in [0.5, 0.6) is 0 Å². The third kappa shape index (κ3) is 5.67. The fraction of sp³-hybridized carbons (Fsp3) is 0.429. The average molecular weight is 527 g/mol. The predicted molar refractivity (Wildman–Crippen MR) is 144 cm³/mol. The monoisotopic (exact) mass is 526 g/mol. The van der Waals surface area contributed by atoms with Crippen molar-refractivity contribution in [3.8, 4) is 0 Å². The molecule has 4 atom stereocenters. The number of benzene rings is 2. The highest BCUT2D eigenvalue weighted by molar-refractivity contribution is 6.30. The van der Waals surface area contributed by atoms with Crippen LogP contribution in [0.4, 0.5) is 5.69 Å². The van der Waals surface area contributed by atoms with Gasteiger partial charge >= 0.3 is 0 Å². The van der Waals surface area contributed by atoms with Crippen LogP contribution in [0.1, 0.15) is 51.3 Å². The Balaban J connectivity index is 1.44. The molecule has 0 unspecified atom stereocenters. The molecule has 8 nitrogen and oxygen atoms in total. The van der Waals surface area contributed by atoms with Crippen molar-refractivity contribution >= 4 is 29.1 Å². The van der Waals surface area contributed by atoms with E-state index in [4.69, 9.17) is 11.6 Å². The van der Waals surface area contributed by atoms with Crippen LogP contribution in [0.25, 0.3) is 0 Å². The molecule has 0 saturated carbocycles. The third-order valence-corrected chi connectivity index (χ3v) is 7.44. The molecule has 37 heavy (non-hydrogen) atoms. The van der Waals surface area contributed by atoms with Crippen LogP contribution in [0.15, 0.2) is 60.8 Å². The number of likely N-dealkylation sites (tertiary alicyclic amines) is 1. The lowest BCUT2D eigenvalue weighted by molar-refractivity contribution is -0.156. The molecule has 0 aliphatic carbocycles. The lowest BCUT2D eigenvalue weighted by Gasteiger charge is -2.37. The van der Waals surface area contributed by atoms with Crippen molar-refractivity contribution < 1.29 is 19.8 Å². The molecule has 2 aliphatic heterocycles. The molecule has 1 fully saturated rings. The average Bonchev–Trinajstić information content (AvgIpc) is 3.49. The van der Waals surface area contributed by atoms with Gasteiger partial charge in [0, 0.05) is 24.3 Å². The number of rotatable bonds is 7. The van der Waals surface area contributed by atoms with E-state index in [1.807, 2.05) is 80.5 Å². The van der Waals surface area contributed by atoms with Gasteiger partial charge in [-0.25, -0.2) is 5.43 Å². The number of carbonyl (C=O) groups is 2. The second kappa shape index (κ2) is 10.5. The summed E-state index contributed by atoms with van der Waals surface area (Å²) in [5, 5.41) is 26.6. The molecular formula is C28H35ClN4O4. The Bertz CT molecular complexity index is 1180. The molecule has 4 rings (SSSR count). The van der Waals surface area contributed by atoms with Gasteiger partial charge in [-0.05, 0) is 61.1 Å². The van der Waals surface area contributed by atoms with E-state index < -0.39 is 35.6 Å². The fourth-order valence-electron chi connectivity index (χ4n) is 5.37. The van der Waals surface area contributed by atoms with Gasteiger partial charge in [0.25, 0.3) is 11.8 Å². The maximum Gasteiger partial charge on any atom is 0.255 e. The molecule has 2 heterocycles. The minimum Gasteiger partial charge on any atom is -0.380 e. The van der Waals surface area contributed by atoms with Crippen LogP contribution in [-0.2, 0) is 15.1 Å². The molecule has 0 spiro atoms. The van der Waals surface area contributed by atoms with Crippen molar-refractivity contribution in [2.24, 2.45) is 5.41 Å². The second-order valence-corrected chi connectivity index (χ2v) is 11.3. The van der Waals surface area contributed by atoms with Gasteiger partial charge in [0.05, 0.1) is 17.3 Å². The molecule has 4 N–H and O–H groups in total. The summed E-state index contributed by atoms with van der Waals surface area (Å²) < 4.78 is 0. The number of amides is 2. The van der Waals surface area contributed by atoms with E-state index in [-0.39, 0.29) is 5.41 Å². The van der Waals surface area contributed by atoms with Gasteiger partial charge in [-0.15, -0.1) is 0 Å². The van der Waals surface area contributed by atoms with Crippen molar-refractivity contribution in [2.75, 3.05) is 18.1 Å². The Morgan fingerprint density at radius 3 is 2.41 bits per heavy atom. The first-order valence-corrected chi connectivity index (χ1v) is 12.8. The molecule has 0 bridgehead atoms. The standard InChI is InChI=1S/C28H35ClN4O4/c1-18(19-9-11-22(12-10-19)33-14-6-13-30-33)31-25(36)23(34)24(35)26(37)32-17-27(2,3)16-28(32,4)20-7-5-8-21(29)15-20/h5-12,14-15,18,23-24,30,34-35H,13,16-17H2,1-4H3,(H,31,36)/t18-,23-,24-,28-/m1/s1. The number of hydrogen-bond acceptors (Lipinski definition) is 6. The number of carbonyl (C=O) groups excluding carboxylic acids is 2. The molecule has 2 amide bonds. The highest BCUT2D eigenvalue weighted by Gasteiger charge is 2.51. The van der Waals surface area contributed by atoms with Gasteiger partial charge in [-0.2, -0.15) is 0 Å². The summed E-state index contributed by atoms with van der Waals surface area (Å²) in [5.74, 6) is -1.51. The Labute approximate surface area is 222 Å². The molecule has 1 saturated heterocycles. The highest BCUT2D eigenvalue weighted by Crippen LogP contribution is 2.48. The van der Waals surface area contributed by atoms with Crippen LogP contribution in [0.2, 0.25) is 5.02 Å². The molecule has 2 aromatic rings. The van der Waals surface area contributed by atoms with Gasteiger partial charge in [-0.3, -0.25) is 14.6 Å². The van der Waals surface area contributed by atoms with E-state index >= 15 is 0 Å². The Morgan fingerprint density at radius 2 is 1.78 bits per heavy atom. The lowest BCUT2D eigenvalue weighted by Crippen LogP contribution is -2.54. The molecule has 0 aromatic heterocycles. The maximum absolute atomic E-state index is 13.5. The summed E-state index contributed by atoms with van der Waals surface area (Å²) >= 11 is 6.22. The van der Waals surface area contributed by atoms with Crippen molar-refractivity contribution in [3.05, 3.63) is 77.0 Å². The van der Waals surface area contributed by atoms with Crippen molar-refractivity contribution in [2.45, 2.75) is 57.9 Å². The van der Waals surface area contributed by atoms with Gasteiger partial charge < -0.3 is 20.4 Å². The Hall–Kier alpha value is -2.91. The predicted octanol–water partition coefficient (Wildman–Crippen LogP) is 3.25. The summed E-state index contributed by atoms with van der Waals surface area (Å²) in [6.45, 7) is 8.92. The summed E-state index contributed by atoms with van der Waals surface area (Å²) in [5.41, 5.74) is 4.81. The number of aliphatic hydroxyl groups excluding tert-OH is 2. The maximum atomic E-state index is 13.5. The van der Waals surface area contributed by atoms with E-state index in [1.165, 1.54) is 0 Å². The minimum absolute atomic E-state index is 0.235. The zero-order chi connectivity index (χ0) is 27.0. The van der Waals surface area contributed by atoms with Gasteiger partial charge in [0.2, 0.25) is 0 Å². The third-order valence-electron chi connectivity index (χ3n) is 7.20. The number of nitrogens with one attached hydrogen (secondary N) is 2.